The number of carbonyl (C=O) groups excluding carboxylic acids is 1. The molecule has 0 spiro atoms. The van der Waals surface area contributed by atoms with E-state index in [0.717, 1.165) is 29.7 Å². The third-order valence-electron chi connectivity index (χ3n) is 4.00. The van der Waals surface area contributed by atoms with E-state index in [1.54, 1.807) is 0 Å². The maximum absolute atomic E-state index is 12.5. The Morgan fingerprint density at radius 2 is 2.17 bits per heavy atom. The molecule has 1 N–H and O–H groups in total. The zero-order valence-corrected chi connectivity index (χ0v) is 12.1. The minimum Gasteiger partial charge on any atom is -0.345 e. The van der Waals surface area contributed by atoms with Crippen molar-refractivity contribution in [2.75, 3.05) is 13.1 Å². The molecule has 2 unspecified atom stereocenters. The van der Waals surface area contributed by atoms with Crippen molar-refractivity contribution < 1.29 is 4.79 Å². The van der Waals surface area contributed by atoms with Gasteiger partial charge >= 0.3 is 0 Å². The molecule has 1 aromatic rings. The second-order valence-electron chi connectivity index (χ2n) is 5.33. The van der Waals surface area contributed by atoms with Crippen molar-refractivity contribution in [1.82, 2.24) is 14.8 Å². The minimum absolute atomic E-state index is 0.151. The van der Waals surface area contributed by atoms with Crippen LogP contribution in [-0.2, 0) is 7.05 Å². The Morgan fingerprint density at radius 1 is 1.39 bits per heavy atom. The molecule has 3 heterocycles. The van der Waals surface area contributed by atoms with Gasteiger partial charge < -0.3 is 14.8 Å². The summed E-state index contributed by atoms with van der Waals surface area (Å²) in [4.78, 5) is 14.5. The fourth-order valence-electron chi connectivity index (χ4n) is 3.03. The van der Waals surface area contributed by atoms with Gasteiger partial charge in [0.25, 0.3) is 5.91 Å². The zero-order chi connectivity index (χ0) is 12.7. The predicted molar refractivity (Wildman–Crippen MR) is 73.6 cm³/mol. The van der Waals surface area contributed by atoms with Crippen molar-refractivity contribution in [3.63, 3.8) is 0 Å². The minimum atomic E-state index is 0.151. The Kier molecular flexibility index (Phi) is 3.20. The van der Waals surface area contributed by atoms with Gasteiger partial charge in [0.05, 0.1) is 0 Å². The van der Waals surface area contributed by atoms with Crippen LogP contribution in [0.2, 0.25) is 0 Å². The molecule has 3 rings (SSSR count). The molecule has 18 heavy (non-hydrogen) atoms. The van der Waals surface area contributed by atoms with Gasteiger partial charge in [-0.25, -0.2) is 0 Å². The van der Waals surface area contributed by atoms with E-state index in [1.807, 2.05) is 28.8 Å². The summed E-state index contributed by atoms with van der Waals surface area (Å²) in [7, 11) is 1.92. The molecule has 2 atom stereocenters. The standard InChI is InChI=1S/C13H18BrN3O/c1-16-7-9(14)6-12(16)13(18)17-5-4-10-2-3-11(8-17)15-10/h6-7,10-11,15H,2-5,8H2,1H3. The molecule has 5 heteroatoms. The molecular formula is C13H18BrN3O. The molecule has 2 fully saturated rings. The van der Waals surface area contributed by atoms with E-state index in [4.69, 9.17) is 0 Å². The zero-order valence-electron chi connectivity index (χ0n) is 10.5. The first-order valence-corrected chi connectivity index (χ1v) is 7.30. The second kappa shape index (κ2) is 4.70. The maximum atomic E-state index is 12.5. The number of halogens is 1. The smallest absolute Gasteiger partial charge is 0.270 e. The monoisotopic (exact) mass is 311 g/mol. The molecular weight excluding hydrogens is 294 g/mol. The van der Waals surface area contributed by atoms with Crippen LogP contribution in [0, 0.1) is 0 Å². The summed E-state index contributed by atoms with van der Waals surface area (Å²) in [6, 6.07) is 3.01. The number of nitrogens with zero attached hydrogens (tertiary/aromatic N) is 2. The first-order valence-electron chi connectivity index (χ1n) is 6.50. The topological polar surface area (TPSA) is 37.3 Å². The average molecular weight is 312 g/mol. The lowest BCUT2D eigenvalue weighted by atomic mass is 10.1. The number of rotatable bonds is 1. The van der Waals surface area contributed by atoms with Crippen LogP contribution in [0.5, 0.6) is 0 Å². The van der Waals surface area contributed by atoms with Crippen LogP contribution < -0.4 is 5.32 Å². The first-order chi connectivity index (χ1) is 8.63. The summed E-state index contributed by atoms with van der Waals surface area (Å²) in [5.41, 5.74) is 0.764. The Morgan fingerprint density at radius 3 is 2.89 bits per heavy atom. The molecule has 1 aromatic heterocycles. The van der Waals surface area contributed by atoms with Crippen LogP contribution in [0.15, 0.2) is 16.7 Å². The molecule has 2 bridgehead atoms. The van der Waals surface area contributed by atoms with Gasteiger partial charge in [-0.3, -0.25) is 4.79 Å². The highest BCUT2D eigenvalue weighted by Crippen LogP contribution is 2.22. The SMILES string of the molecule is Cn1cc(Br)cc1C(=O)N1CCC2CCC(C1)N2. The van der Waals surface area contributed by atoms with E-state index in [-0.39, 0.29) is 5.91 Å². The molecule has 1 amide bonds. The Labute approximate surface area is 115 Å². The van der Waals surface area contributed by atoms with E-state index in [0.29, 0.717) is 12.1 Å². The van der Waals surface area contributed by atoms with Crippen molar-refractivity contribution in [3.05, 3.63) is 22.4 Å². The highest BCUT2D eigenvalue weighted by Gasteiger charge is 2.32. The summed E-state index contributed by atoms with van der Waals surface area (Å²) in [5.74, 6) is 0.151. The third-order valence-corrected chi connectivity index (χ3v) is 4.43. The summed E-state index contributed by atoms with van der Waals surface area (Å²) >= 11 is 3.42. The van der Waals surface area contributed by atoms with Crippen LogP contribution in [-0.4, -0.2) is 40.5 Å². The number of nitrogens with one attached hydrogen (secondary N) is 1. The quantitative estimate of drug-likeness (QED) is 0.858. The predicted octanol–water partition coefficient (Wildman–Crippen LogP) is 1.75. The molecule has 0 aromatic carbocycles. The largest absolute Gasteiger partial charge is 0.345 e. The summed E-state index contributed by atoms with van der Waals surface area (Å²) in [6.45, 7) is 1.72. The van der Waals surface area contributed by atoms with E-state index < -0.39 is 0 Å². The summed E-state index contributed by atoms with van der Waals surface area (Å²) < 4.78 is 2.85. The van der Waals surface area contributed by atoms with E-state index in [1.165, 1.54) is 12.8 Å². The Hall–Kier alpha value is -0.810. The lowest BCUT2D eigenvalue weighted by Crippen LogP contribution is -2.39. The van der Waals surface area contributed by atoms with Crippen LogP contribution in [0.1, 0.15) is 29.8 Å². The van der Waals surface area contributed by atoms with Gasteiger partial charge in [0.15, 0.2) is 0 Å². The number of hydrogen-bond acceptors (Lipinski definition) is 2. The molecule has 2 aliphatic heterocycles. The van der Waals surface area contributed by atoms with Gasteiger partial charge in [-0.2, -0.15) is 0 Å². The second-order valence-corrected chi connectivity index (χ2v) is 6.25. The highest BCUT2D eigenvalue weighted by atomic mass is 79.9. The molecule has 0 saturated carbocycles. The van der Waals surface area contributed by atoms with Gasteiger partial charge in [-0.15, -0.1) is 0 Å². The Balaban J connectivity index is 1.78. The van der Waals surface area contributed by atoms with Crippen molar-refractivity contribution in [1.29, 1.82) is 0 Å². The third kappa shape index (κ3) is 2.21. The van der Waals surface area contributed by atoms with Gasteiger partial charge in [0, 0.05) is 42.9 Å². The van der Waals surface area contributed by atoms with Crippen molar-refractivity contribution in [2.24, 2.45) is 7.05 Å². The number of likely N-dealkylation sites (tertiary alicyclic amines) is 1. The van der Waals surface area contributed by atoms with Crippen molar-refractivity contribution in [3.8, 4) is 0 Å². The molecule has 4 nitrogen and oxygen atoms in total. The number of hydrogen-bond donors (Lipinski definition) is 1. The molecule has 2 aliphatic rings. The normalized spacial score (nSPS) is 27.3. The van der Waals surface area contributed by atoms with Gasteiger partial charge in [-0.1, -0.05) is 0 Å². The van der Waals surface area contributed by atoms with E-state index in [2.05, 4.69) is 21.2 Å². The lowest BCUT2D eigenvalue weighted by Gasteiger charge is -2.24. The molecule has 98 valence electrons. The molecule has 2 saturated heterocycles. The lowest BCUT2D eigenvalue weighted by molar-refractivity contribution is 0.0738. The highest BCUT2D eigenvalue weighted by molar-refractivity contribution is 9.10. The van der Waals surface area contributed by atoms with E-state index in [9.17, 15) is 4.79 Å². The number of aromatic nitrogens is 1. The van der Waals surface area contributed by atoms with Crippen molar-refractivity contribution in [2.45, 2.75) is 31.3 Å². The fraction of sp³-hybridized carbons (Fsp3) is 0.615. The first kappa shape index (κ1) is 12.2. The van der Waals surface area contributed by atoms with E-state index >= 15 is 0 Å². The van der Waals surface area contributed by atoms with Crippen LogP contribution in [0.25, 0.3) is 0 Å². The summed E-state index contributed by atoms with van der Waals surface area (Å²) in [5, 5.41) is 3.60. The number of amides is 1. The fourth-order valence-corrected chi connectivity index (χ4v) is 3.55. The van der Waals surface area contributed by atoms with Gasteiger partial charge in [0.2, 0.25) is 0 Å². The van der Waals surface area contributed by atoms with Crippen LogP contribution in [0.4, 0.5) is 0 Å². The van der Waals surface area contributed by atoms with Crippen molar-refractivity contribution >= 4 is 21.8 Å². The number of carbonyl (C=O) groups is 1. The molecule has 0 aliphatic carbocycles. The average Bonchev–Trinajstić information content (AvgIpc) is 2.81. The van der Waals surface area contributed by atoms with Crippen LogP contribution in [0.3, 0.4) is 0 Å². The summed E-state index contributed by atoms with van der Waals surface area (Å²) in [6.07, 6.45) is 5.47. The number of aryl methyl sites for hydroxylation is 1. The van der Waals surface area contributed by atoms with Crippen LogP contribution >= 0.6 is 15.9 Å². The van der Waals surface area contributed by atoms with Gasteiger partial charge in [0.1, 0.15) is 5.69 Å². The number of fused-ring (bicyclic) bond motifs is 2. The Bertz CT molecular complexity index is 471. The molecule has 0 radical (unpaired) electrons. The van der Waals surface area contributed by atoms with Gasteiger partial charge in [-0.05, 0) is 41.3 Å². The maximum Gasteiger partial charge on any atom is 0.270 e.